The lowest BCUT2D eigenvalue weighted by Crippen LogP contribution is -2.12. The van der Waals surface area contributed by atoms with Crippen LogP contribution in [0.4, 0.5) is 0 Å². The molecule has 4 heterocycles. The number of furan rings is 2. The van der Waals surface area contributed by atoms with Gasteiger partial charge in [0.25, 0.3) is 0 Å². The molecule has 272 valence electrons. The number of allylic oxidation sites excluding steroid dienone is 1. The summed E-state index contributed by atoms with van der Waals surface area (Å²) in [7, 11) is 0. The predicted octanol–water partition coefficient (Wildman–Crippen LogP) is 14.4. The first kappa shape index (κ1) is 32.5. The van der Waals surface area contributed by atoms with Crippen molar-refractivity contribution in [3.63, 3.8) is 0 Å². The van der Waals surface area contributed by atoms with E-state index in [1.807, 2.05) is 18.2 Å². The molecule has 11 aromatic rings. The molecule has 0 saturated carbocycles. The Hall–Kier alpha value is -7.69. The summed E-state index contributed by atoms with van der Waals surface area (Å²) in [5, 5.41) is 6.78. The van der Waals surface area contributed by atoms with Gasteiger partial charge in [-0.15, -0.1) is 0 Å². The van der Waals surface area contributed by atoms with Crippen molar-refractivity contribution >= 4 is 77.0 Å². The van der Waals surface area contributed by atoms with Gasteiger partial charge in [-0.25, -0.2) is 0 Å². The molecule has 0 fully saturated rings. The van der Waals surface area contributed by atoms with Crippen LogP contribution in [0.1, 0.15) is 22.7 Å². The number of benzene rings is 8. The van der Waals surface area contributed by atoms with E-state index in [2.05, 4.69) is 174 Å². The Morgan fingerprint density at radius 3 is 1.86 bits per heavy atom. The van der Waals surface area contributed by atoms with E-state index in [0.717, 1.165) is 105 Å². The predicted molar refractivity (Wildman–Crippen MR) is 240 cm³/mol. The molecule has 58 heavy (non-hydrogen) atoms. The van der Waals surface area contributed by atoms with E-state index in [-0.39, 0.29) is 6.04 Å². The normalized spacial score (nSPS) is 14.6. The molecule has 4 heteroatoms. The summed E-state index contributed by atoms with van der Waals surface area (Å²) < 4.78 is 15.6. The van der Waals surface area contributed by atoms with Crippen molar-refractivity contribution in [2.75, 3.05) is 0 Å². The number of aliphatic imine (C=N–C) groups is 1. The number of dihydropyridines is 1. The maximum Gasteiger partial charge on any atom is 0.159 e. The van der Waals surface area contributed by atoms with E-state index in [4.69, 9.17) is 20.4 Å². The van der Waals surface area contributed by atoms with Gasteiger partial charge in [0.15, 0.2) is 5.58 Å². The molecule has 8 aromatic carbocycles. The molecule has 0 spiro atoms. The minimum Gasteiger partial charge on any atom is -0.456 e. The van der Waals surface area contributed by atoms with Gasteiger partial charge in [0.05, 0.1) is 22.4 Å². The van der Waals surface area contributed by atoms with Crippen molar-refractivity contribution in [2.45, 2.75) is 6.04 Å². The molecule has 12 rings (SSSR count). The molecule has 3 aromatic heterocycles. The average Bonchev–Trinajstić information content (AvgIpc) is 3.96. The van der Waals surface area contributed by atoms with Gasteiger partial charge < -0.3 is 13.4 Å². The molecular formula is C54H34N2O2. The van der Waals surface area contributed by atoms with E-state index in [0.29, 0.717) is 0 Å². The van der Waals surface area contributed by atoms with Crippen LogP contribution in [0.3, 0.4) is 0 Å². The number of hydrogen-bond acceptors (Lipinski definition) is 3. The highest BCUT2D eigenvalue weighted by Gasteiger charge is 2.26. The summed E-state index contributed by atoms with van der Waals surface area (Å²) in [6.07, 6.45) is 2.18. The average molecular weight is 743 g/mol. The highest BCUT2D eigenvalue weighted by Crippen LogP contribution is 2.43. The van der Waals surface area contributed by atoms with Crippen molar-refractivity contribution in [2.24, 2.45) is 4.99 Å². The smallest absolute Gasteiger partial charge is 0.159 e. The second kappa shape index (κ2) is 12.7. The Balaban J connectivity index is 1.03. The van der Waals surface area contributed by atoms with Crippen molar-refractivity contribution in [1.82, 2.24) is 4.57 Å². The minimum atomic E-state index is -0.307. The Morgan fingerprint density at radius 1 is 0.448 bits per heavy atom. The molecular weight excluding hydrogens is 709 g/mol. The van der Waals surface area contributed by atoms with Crippen LogP contribution < -0.4 is 0 Å². The summed E-state index contributed by atoms with van der Waals surface area (Å²) in [5.41, 5.74) is 14.9. The minimum absolute atomic E-state index is 0.307. The number of nitrogens with zero attached hydrogens (tertiary/aromatic N) is 2. The Labute approximate surface area is 333 Å². The monoisotopic (exact) mass is 742 g/mol. The number of para-hydroxylation sites is 4. The zero-order valence-electron chi connectivity index (χ0n) is 31.4. The largest absolute Gasteiger partial charge is 0.456 e. The molecule has 1 aliphatic heterocycles. The van der Waals surface area contributed by atoms with Gasteiger partial charge in [0.1, 0.15) is 22.8 Å². The summed E-state index contributed by atoms with van der Waals surface area (Å²) in [4.78, 5) is 5.47. The van der Waals surface area contributed by atoms with E-state index in [1.54, 1.807) is 0 Å². The lowest BCUT2D eigenvalue weighted by Gasteiger charge is -2.25. The van der Waals surface area contributed by atoms with Crippen LogP contribution in [0, 0.1) is 0 Å². The van der Waals surface area contributed by atoms with Gasteiger partial charge >= 0.3 is 0 Å². The fourth-order valence-electron chi connectivity index (χ4n) is 9.05. The maximum absolute atomic E-state index is 6.90. The number of hydrogen-bond donors (Lipinski definition) is 0. The van der Waals surface area contributed by atoms with Crippen molar-refractivity contribution in [3.05, 3.63) is 217 Å². The SMILES string of the molecule is C=C1C(c2ccc3c(c2)oc2ccccc23)=CC(c2ccc3c(c2)oc2c(-n4c5ccccc5c5ccccc54)cccc23)=NC1c1cccc(-c2ccccc2)c1. The third-order valence-electron chi connectivity index (χ3n) is 11.8. The molecule has 0 aliphatic carbocycles. The fourth-order valence-corrected chi connectivity index (χ4v) is 9.05. The molecule has 0 amide bonds. The van der Waals surface area contributed by atoms with Crippen LogP contribution in [-0.2, 0) is 0 Å². The molecule has 1 atom stereocenters. The first-order valence-corrected chi connectivity index (χ1v) is 19.7. The summed E-state index contributed by atoms with van der Waals surface area (Å²) in [5.74, 6) is 0. The molecule has 0 bridgehead atoms. The van der Waals surface area contributed by atoms with E-state index < -0.39 is 0 Å². The molecule has 1 unspecified atom stereocenters. The van der Waals surface area contributed by atoms with Crippen LogP contribution in [0.2, 0.25) is 0 Å². The van der Waals surface area contributed by atoms with Gasteiger partial charge in [-0.1, -0.05) is 134 Å². The lowest BCUT2D eigenvalue weighted by molar-refractivity contribution is 0.666. The Bertz CT molecular complexity index is 3480. The topological polar surface area (TPSA) is 43.6 Å². The highest BCUT2D eigenvalue weighted by molar-refractivity contribution is 6.18. The quantitative estimate of drug-likeness (QED) is 0.176. The van der Waals surface area contributed by atoms with E-state index in [1.165, 1.54) is 10.8 Å². The zero-order valence-corrected chi connectivity index (χ0v) is 31.4. The molecule has 4 nitrogen and oxygen atoms in total. The van der Waals surface area contributed by atoms with E-state index in [9.17, 15) is 0 Å². The van der Waals surface area contributed by atoms with Gasteiger partial charge in [-0.2, -0.15) is 0 Å². The van der Waals surface area contributed by atoms with Crippen LogP contribution in [0.5, 0.6) is 0 Å². The summed E-state index contributed by atoms with van der Waals surface area (Å²) in [6.45, 7) is 4.71. The van der Waals surface area contributed by atoms with Crippen LogP contribution in [-0.4, -0.2) is 10.3 Å². The highest BCUT2D eigenvalue weighted by atomic mass is 16.3. The Kier molecular flexibility index (Phi) is 7.11. The van der Waals surface area contributed by atoms with Gasteiger partial charge in [-0.3, -0.25) is 4.99 Å². The fraction of sp³-hybridized carbons (Fsp3) is 0.0185. The number of aromatic nitrogens is 1. The Morgan fingerprint density at radius 2 is 1.05 bits per heavy atom. The first-order chi connectivity index (χ1) is 28.7. The molecule has 0 saturated heterocycles. The van der Waals surface area contributed by atoms with E-state index >= 15 is 0 Å². The van der Waals surface area contributed by atoms with Crippen molar-refractivity contribution in [1.29, 1.82) is 0 Å². The molecule has 0 N–H and O–H groups in total. The maximum atomic E-state index is 6.90. The second-order valence-corrected chi connectivity index (χ2v) is 15.1. The lowest BCUT2D eigenvalue weighted by atomic mass is 9.85. The molecule has 0 radical (unpaired) electrons. The summed E-state index contributed by atoms with van der Waals surface area (Å²) >= 11 is 0. The van der Waals surface area contributed by atoms with Crippen molar-refractivity contribution < 1.29 is 8.83 Å². The first-order valence-electron chi connectivity index (χ1n) is 19.7. The zero-order chi connectivity index (χ0) is 38.3. The van der Waals surface area contributed by atoms with Gasteiger partial charge in [-0.05, 0) is 94.1 Å². The second-order valence-electron chi connectivity index (χ2n) is 15.1. The summed E-state index contributed by atoms with van der Waals surface area (Å²) in [6, 6.07) is 63.7. The third kappa shape index (κ3) is 4.98. The van der Waals surface area contributed by atoms with Crippen LogP contribution in [0.25, 0.3) is 88.1 Å². The molecule has 1 aliphatic rings. The van der Waals surface area contributed by atoms with Crippen LogP contribution >= 0.6 is 0 Å². The van der Waals surface area contributed by atoms with Gasteiger partial charge in [0.2, 0.25) is 0 Å². The van der Waals surface area contributed by atoms with Crippen LogP contribution in [0.15, 0.2) is 214 Å². The number of fused-ring (bicyclic) bond motifs is 9. The standard InChI is InChI=1S/C54H34N2O2/c1-33-45(36-25-27-42-41-19-7-10-24-50(41)57-51(42)30-36)32-46(55-53(33)38-16-11-15-35(29-38)34-13-3-2-4-14-34)37-26-28-43-44-20-12-23-49(54(44)58-52(43)31-37)56-47-21-8-5-17-39(47)40-18-6-9-22-48(40)56/h2-32,53H,1H2. The third-order valence-corrected chi connectivity index (χ3v) is 11.8. The number of rotatable bonds is 5. The van der Waals surface area contributed by atoms with Crippen molar-refractivity contribution in [3.8, 4) is 16.8 Å². The van der Waals surface area contributed by atoms with Gasteiger partial charge in [0, 0.05) is 37.9 Å².